The van der Waals surface area contributed by atoms with E-state index in [0.29, 0.717) is 19.4 Å². The second kappa shape index (κ2) is 7.14. The lowest BCUT2D eigenvalue weighted by Gasteiger charge is -2.23. The van der Waals surface area contributed by atoms with E-state index in [1.165, 1.54) is 5.56 Å². The molecule has 0 heterocycles. The molecule has 0 fully saturated rings. The molecule has 1 aromatic rings. The SMILES string of the molecule is CCc1cccc(OCCCC(C)(NC)C(=O)O)c1. The Morgan fingerprint density at radius 1 is 1.47 bits per heavy atom. The molecule has 0 spiro atoms. The van der Waals surface area contributed by atoms with Crippen LogP contribution in [0.3, 0.4) is 0 Å². The van der Waals surface area contributed by atoms with E-state index in [-0.39, 0.29) is 0 Å². The molecule has 0 bridgehead atoms. The molecule has 0 aliphatic heterocycles. The first kappa shape index (κ1) is 15.5. The van der Waals surface area contributed by atoms with Crippen molar-refractivity contribution in [3.63, 3.8) is 0 Å². The fraction of sp³-hybridized carbons (Fsp3) is 0.533. The number of hydrogen-bond donors (Lipinski definition) is 2. The van der Waals surface area contributed by atoms with Gasteiger partial charge in [-0.1, -0.05) is 19.1 Å². The molecule has 4 nitrogen and oxygen atoms in total. The lowest BCUT2D eigenvalue weighted by Crippen LogP contribution is -2.47. The van der Waals surface area contributed by atoms with Crippen LogP contribution in [0.4, 0.5) is 0 Å². The normalized spacial score (nSPS) is 13.8. The summed E-state index contributed by atoms with van der Waals surface area (Å²) >= 11 is 0. The summed E-state index contributed by atoms with van der Waals surface area (Å²) < 4.78 is 5.65. The summed E-state index contributed by atoms with van der Waals surface area (Å²) in [4.78, 5) is 11.1. The van der Waals surface area contributed by atoms with E-state index in [2.05, 4.69) is 18.3 Å². The molecule has 0 aliphatic rings. The Morgan fingerprint density at radius 3 is 2.79 bits per heavy atom. The lowest BCUT2D eigenvalue weighted by molar-refractivity contribution is -0.144. The minimum absolute atomic E-state index is 0.526. The molecule has 0 aliphatic carbocycles. The van der Waals surface area contributed by atoms with Crippen molar-refractivity contribution < 1.29 is 14.6 Å². The van der Waals surface area contributed by atoms with E-state index in [1.807, 2.05) is 18.2 Å². The van der Waals surface area contributed by atoms with Crippen LogP contribution < -0.4 is 10.1 Å². The Hall–Kier alpha value is -1.55. The van der Waals surface area contributed by atoms with Crippen molar-refractivity contribution in [1.29, 1.82) is 0 Å². The van der Waals surface area contributed by atoms with Gasteiger partial charge in [-0.15, -0.1) is 0 Å². The molecule has 0 saturated heterocycles. The number of likely N-dealkylation sites (N-methyl/N-ethyl adjacent to an activating group) is 1. The summed E-state index contributed by atoms with van der Waals surface area (Å²) in [6, 6.07) is 7.99. The van der Waals surface area contributed by atoms with Crippen LogP contribution in [0.15, 0.2) is 24.3 Å². The first-order chi connectivity index (χ1) is 9.01. The van der Waals surface area contributed by atoms with Crippen molar-refractivity contribution in [2.24, 2.45) is 0 Å². The van der Waals surface area contributed by atoms with E-state index >= 15 is 0 Å². The van der Waals surface area contributed by atoms with Crippen molar-refractivity contribution in [2.75, 3.05) is 13.7 Å². The number of benzene rings is 1. The van der Waals surface area contributed by atoms with Crippen LogP contribution in [0.1, 0.15) is 32.3 Å². The van der Waals surface area contributed by atoms with Gasteiger partial charge in [-0.25, -0.2) is 0 Å². The molecule has 4 heteroatoms. The molecule has 19 heavy (non-hydrogen) atoms. The summed E-state index contributed by atoms with van der Waals surface area (Å²) in [5.74, 6) is 0.0174. The molecular formula is C15H23NO3. The number of carboxylic acids is 1. The third-order valence-electron chi connectivity index (χ3n) is 3.42. The van der Waals surface area contributed by atoms with Gasteiger partial charge in [0, 0.05) is 0 Å². The van der Waals surface area contributed by atoms with Gasteiger partial charge < -0.3 is 15.2 Å². The Kier molecular flexibility index (Phi) is 5.83. The van der Waals surface area contributed by atoms with Gasteiger partial charge in [0.2, 0.25) is 0 Å². The average molecular weight is 265 g/mol. The highest BCUT2D eigenvalue weighted by Crippen LogP contribution is 2.16. The van der Waals surface area contributed by atoms with Gasteiger partial charge in [-0.05, 0) is 50.9 Å². The first-order valence-electron chi connectivity index (χ1n) is 6.66. The van der Waals surface area contributed by atoms with E-state index in [4.69, 9.17) is 9.84 Å². The molecule has 0 amide bonds. The van der Waals surface area contributed by atoms with Crippen molar-refractivity contribution in [3.05, 3.63) is 29.8 Å². The molecule has 106 valence electrons. The minimum atomic E-state index is -0.880. The van der Waals surface area contributed by atoms with Crippen molar-refractivity contribution in [2.45, 2.75) is 38.6 Å². The Balaban J connectivity index is 2.40. The van der Waals surface area contributed by atoms with E-state index < -0.39 is 11.5 Å². The number of aliphatic carboxylic acids is 1. The maximum Gasteiger partial charge on any atom is 0.323 e. The van der Waals surface area contributed by atoms with Crippen molar-refractivity contribution >= 4 is 5.97 Å². The van der Waals surface area contributed by atoms with Gasteiger partial charge in [-0.3, -0.25) is 4.79 Å². The monoisotopic (exact) mass is 265 g/mol. The number of carbonyl (C=O) groups is 1. The highest BCUT2D eigenvalue weighted by atomic mass is 16.5. The molecule has 0 aromatic heterocycles. The molecule has 1 atom stereocenters. The van der Waals surface area contributed by atoms with Gasteiger partial charge in [0.1, 0.15) is 11.3 Å². The maximum atomic E-state index is 11.1. The standard InChI is InChI=1S/C15H23NO3/c1-4-12-7-5-8-13(11-12)19-10-6-9-15(2,16-3)14(17)18/h5,7-8,11,16H,4,6,9-10H2,1-3H3,(H,17,18). The zero-order chi connectivity index (χ0) is 14.3. The number of nitrogens with one attached hydrogen (secondary N) is 1. The highest BCUT2D eigenvalue weighted by molar-refractivity contribution is 5.78. The van der Waals surface area contributed by atoms with Crippen LogP contribution in [-0.4, -0.2) is 30.3 Å². The molecule has 1 aromatic carbocycles. The fourth-order valence-corrected chi connectivity index (χ4v) is 1.81. The molecule has 1 unspecified atom stereocenters. The van der Waals surface area contributed by atoms with Gasteiger partial charge in [-0.2, -0.15) is 0 Å². The zero-order valence-corrected chi connectivity index (χ0v) is 11.9. The van der Waals surface area contributed by atoms with Crippen LogP contribution in [0.25, 0.3) is 0 Å². The highest BCUT2D eigenvalue weighted by Gasteiger charge is 2.30. The molecular weight excluding hydrogens is 242 g/mol. The fourth-order valence-electron chi connectivity index (χ4n) is 1.81. The third-order valence-corrected chi connectivity index (χ3v) is 3.42. The second-order valence-corrected chi connectivity index (χ2v) is 4.84. The summed E-state index contributed by atoms with van der Waals surface area (Å²) in [7, 11) is 1.67. The Morgan fingerprint density at radius 2 is 2.21 bits per heavy atom. The van der Waals surface area contributed by atoms with Crippen LogP contribution in [0.2, 0.25) is 0 Å². The Bertz CT molecular complexity index is 420. The van der Waals surface area contributed by atoms with E-state index in [0.717, 1.165) is 12.2 Å². The molecule has 0 saturated carbocycles. The van der Waals surface area contributed by atoms with Crippen LogP contribution in [-0.2, 0) is 11.2 Å². The predicted octanol–water partition coefficient (Wildman–Crippen LogP) is 2.47. The van der Waals surface area contributed by atoms with Crippen molar-refractivity contribution in [1.82, 2.24) is 5.32 Å². The second-order valence-electron chi connectivity index (χ2n) is 4.84. The number of carboxylic acid groups (broad SMARTS) is 1. The quantitative estimate of drug-likeness (QED) is 0.709. The minimum Gasteiger partial charge on any atom is -0.494 e. The largest absolute Gasteiger partial charge is 0.494 e. The molecule has 1 rings (SSSR count). The Labute approximate surface area is 114 Å². The van der Waals surface area contributed by atoms with E-state index in [9.17, 15) is 4.79 Å². The number of ether oxygens (including phenoxy) is 1. The molecule has 0 radical (unpaired) electrons. The number of hydrogen-bond acceptors (Lipinski definition) is 3. The number of aryl methyl sites for hydroxylation is 1. The molecule has 2 N–H and O–H groups in total. The predicted molar refractivity (Wildman–Crippen MR) is 75.6 cm³/mol. The van der Waals surface area contributed by atoms with Gasteiger partial charge in [0.05, 0.1) is 6.61 Å². The van der Waals surface area contributed by atoms with E-state index in [1.54, 1.807) is 14.0 Å². The summed E-state index contributed by atoms with van der Waals surface area (Å²) in [5.41, 5.74) is 0.359. The smallest absolute Gasteiger partial charge is 0.323 e. The summed E-state index contributed by atoms with van der Waals surface area (Å²) in [6.45, 7) is 4.31. The average Bonchev–Trinajstić information content (AvgIpc) is 2.43. The zero-order valence-electron chi connectivity index (χ0n) is 11.9. The van der Waals surface area contributed by atoms with Crippen LogP contribution >= 0.6 is 0 Å². The summed E-state index contributed by atoms with van der Waals surface area (Å²) in [6.07, 6.45) is 2.21. The topological polar surface area (TPSA) is 58.6 Å². The van der Waals surface area contributed by atoms with Crippen LogP contribution in [0, 0.1) is 0 Å². The van der Waals surface area contributed by atoms with Gasteiger partial charge in [0.25, 0.3) is 0 Å². The van der Waals surface area contributed by atoms with Crippen molar-refractivity contribution in [3.8, 4) is 5.75 Å². The number of rotatable bonds is 8. The summed E-state index contributed by atoms with van der Waals surface area (Å²) in [5, 5.41) is 12.0. The van der Waals surface area contributed by atoms with Crippen LogP contribution in [0.5, 0.6) is 5.75 Å². The third kappa shape index (κ3) is 4.56. The maximum absolute atomic E-state index is 11.1. The lowest BCUT2D eigenvalue weighted by atomic mass is 9.96. The first-order valence-corrected chi connectivity index (χ1v) is 6.66. The van der Waals surface area contributed by atoms with Gasteiger partial charge in [0.15, 0.2) is 0 Å². The van der Waals surface area contributed by atoms with Gasteiger partial charge >= 0.3 is 5.97 Å².